The first-order valence-corrected chi connectivity index (χ1v) is 8.53. The van der Waals surface area contributed by atoms with Crippen molar-refractivity contribution in [3.63, 3.8) is 0 Å². The molecule has 4 nitrogen and oxygen atoms in total. The van der Waals surface area contributed by atoms with Crippen molar-refractivity contribution in [2.75, 3.05) is 18.5 Å². The van der Waals surface area contributed by atoms with Crippen LogP contribution in [0.1, 0.15) is 29.8 Å². The lowest BCUT2D eigenvalue weighted by molar-refractivity contribution is 0.0529. The molecule has 0 unspecified atom stereocenters. The van der Waals surface area contributed by atoms with Gasteiger partial charge < -0.3 is 14.5 Å². The van der Waals surface area contributed by atoms with Crippen molar-refractivity contribution in [3.8, 4) is 11.3 Å². The smallest absolute Gasteiger partial charge is 0.342 e. The molecule has 1 aliphatic heterocycles. The quantitative estimate of drug-likeness (QED) is 0.655. The third-order valence-electron chi connectivity index (χ3n) is 4.54. The van der Waals surface area contributed by atoms with Crippen LogP contribution in [-0.2, 0) is 4.74 Å². The Hall–Kier alpha value is -3.08. The molecule has 0 bridgehead atoms. The van der Waals surface area contributed by atoms with Crippen LogP contribution in [0.3, 0.4) is 0 Å². The maximum absolute atomic E-state index is 13.3. The number of furan rings is 1. The fourth-order valence-electron chi connectivity index (χ4n) is 3.25. The normalized spacial score (nSPS) is 13.1. The summed E-state index contributed by atoms with van der Waals surface area (Å²) in [5.41, 5.74) is 4.72. The molecule has 0 atom stereocenters. The van der Waals surface area contributed by atoms with Crippen molar-refractivity contribution in [1.29, 1.82) is 0 Å². The Morgan fingerprint density at radius 3 is 2.77 bits per heavy atom. The molecule has 2 aromatic carbocycles. The summed E-state index contributed by atoms with van der Waals surface area (Å²) in [6.45, 7) is 4.81. The number of allylic oxidation sites excluding steroid dienone is 1. The minimum Gasteiger partial charge on any atom is -0.462 e. The van der Waals surface area contributed by atoms with E-state index in [0.717, 1.165) is 23.4 Å². The van der Waals surface area contributed by atoms with Gasteiger partial charge in [0.25, 0.3) is 0 Å². The van der Waals surface area contributed by atoms with E-state index < -0.39 is 5.97 Å². The highest BCUT2D eigenvalue weighted by Gasteiger charge is 2.25. The first-order chi connectivity index (χ1) is 12.6. The second-order valence-corrected chi connectivity index (χ2v) is 6.20. The predicted octanol–water partition coefficient (Wildman–Crippen LogP) is 5.24. The Morgan fingerprint density at radius 1 is 1.27 bits per heavy atom. The first-order valence-electron chi connectivity index (χ1n) is 8.53. The Labute approximate surface area is 150 Å². The van der Waals surface area contributed by atoms with Crippen molar-refractivity contribution >= 4 is 28.2 Å². The molecule has 0 radical (unpaired) electrons. The fourth-order valence-corrected chi connectivity index (χ4v) is 3.25. The summed E-state index contributed by atoms with van der Waals surface area (Å²) >= 11 is 0. The van der Waals surface area contributed by atoms with E-state index in [4.69, 9.17) is 9.15 Å². The molecule has 0 amide bonds. The Kier molecular flexibility index (Phi) is 3.99. The summed E-state index contributed by atoms with van der Waals surface area (Å²) in [5.74, 6) is -0.402. The number of anilines is 1. The van der Waals surface area contributed by atoms with Crippen LogP contribution in [0.25, 0.3) is 27.9 Å². The van der Waals surface area contributed by atoms with Crippen molar-refractivity contribution in [1.82, 2.24) is 0 Å². The Balaban J connectivity index is 1.98. The molecule has 1 aromatic heterocycles. The van der Waals surface area contributed by atoms with Gasteiger partial charge in [0.1, 0.15) is 22.7 Å². The van der Waals surface area contributed by atoms with Gasteiger partial charge >= 0.3 is 5.97 Å². The summed E-state index contributed by atoms with van der Waals surface area (Å²) in [4.78, 5) is 12.6. The second-order valence-electron chi connectivity index (χ2n) is 6.20. The van der Waals surface area contributed by atoms with Crippen molar-refractivity contribution in [2.45, 2.75) is 13.8 Å². The monoisotopic (exact) mass is 351 g/mol. The maximum atomic E-state index is 13.3. The zero-order valence-corrected chi connectivity index (χ0v) is 14.6. The molecular formula is C21H18FNO3. The zero-order valence-electron chi connectivity index (χ0n) is 14.6. The highest BCUT2D eigenvalue weighted by atomic mass is 19.1. The molecule has 0 spiro atoms. The van der Waals surface area contributed by atoms with E-state index in [0.29, 0.717) is 27.9 Å². The van der Waals surface area contributed by atoms with Crippen molar-refractivity contribution in [3.05, 3.63) is 59.4 Å². The SMILES string of the molecule is CCOC(=O)c1c(-c2ccc(F)cc2)oc2cc3c(cc12)C(C)=CCN3. The number of carbonyl (C=O) groups is 1. The number of benzene rings is 2. The average Bonchev–Trinajstić information content (AvgIpc) is 3.00. The van der Waals surface area contributed by atoms with E-state index in [-0.39, 0.29) is 12.4 Å². The molecule has 5 heteroatoms. The highest BCUT2D eigenvalue weighted by Crippen LogP contribution is 2.39. The molecule has 0 saturated carbocycles. The summed E-state index contributed by atoms with van der Waals surface area (Å²) in [6.07, 6.45) is 2.10. The van der Waals surface area contributed by atoms with Crippen LogP contribution in [0.4, 0.5) is 10.1 Å². The lowest BCUT2D eigenvalue weighted by Crippen LogP contribution is -2.08. The van der Waals surface area contributed by atoms with Crippen LogP contribution in [0.2, 0.25) is 0 Å². The standard InChI is InChI=1S/C21H18FNO3/c1-3-25-21(24)19-16-10-15-12(2)8-9-23-17(15)11-18(16)26-20(19)13-4-6-14(22)7-5-13/h4-8,10-11,23H,3,9H2,1-2H3. The minimum atomic E-state index is -0.448. The molecule has 2 heterocycles. The molecule has 1 N–H and O–H groups in total. The van der Waals surface area contributed by atoms with E-state index in [2.05, 4.69) is 11.4 Å². The van der Waals surface area contributed by atoms with E-state index >= 15 is 0 Å². The number of fused-ring (bicyclic) bond motifs is 2. The number of esters is 1. The number of hydrogen-bond acceptors (Lipinski definition) is 4. The summed E-state index contributed by atoms with van der Waals surface area (Å²) in [5, 5.41) is 4.01. The third kappa shape index (κ3) is 2.65. The predicted molar refractivity (Wildman–Crippen MR) is 99.7 cm³/mol. The minimum absolute atomic E-state index is 0.264. The number of hydrogen-bond donors (Lipinski definition) is 1. The van der Waals surface area contributed by atoms with Gasteiger partial charge in [-0.2, -0.15) is 0 Å². The molecule has 1 aliphatic rings. The van der Waals surface area contributed by atoms with Gasteiger partial charge in [-0.15, -0.1) is 0 Å². The van der Waals surface area contributed by atoms with Crippen LogP contribution in [0.5, 0.6) is 0 Å². The number of halogens is 1. The lowest BCUT2D eigenvalue weighted by Gasteiger charge is -2.16. The average molecular weight is 351 g/mol. The molecule has 4 rings (SSSR count). The van der Waals surface area contributed by atoms with E-state index in [9.17, 15) is 9.18 Å². The number of ether oxygens (including phenoxy) is 1. The van der Waals surface area contributed by atoms with Gasteiger partial charge in [0, 0.05) is 34.8 Å². The summed E-state index contributed by atoms with van der Waals surface area (Å²) in [6, 6.07) is 9.73. The fraction of sp³-hybridized carbons (Fsp3) is 0.190. The van der Waals surface area contributed by atoms with E-state index in [1.165, 1.54) is 12.1 Å². The first kappa shape index (κ1) is 16.4. The van der Waals surface area contributed by atoms with Gasteiger partial charge in [-0.1, -0.05) is 6.08 Å². The van der Waals surface area contributed by atoms with Crippen LogP contribution >= 0.6 is 0 Å². The van der Waals surface area contributed by atoms with Gasteiger partial charge in [-0.25, -0.2) is 9.18 Å². The Bertz CT molecular complexity index is 1030. The summed E-state index contributed by atoms with van der Waals surface area (Å²) < 4.78 is 24.6. The van der Waals surface area contributed by atoms with Gasteiger partial charge in [-0.05, 0) is 49.8 Å². The van der Waals surface area contributed by atoms with Crippen LogP contribution in [0, 0.1) is 5.82 Å². The molecule has 0 saturated heterocycles. The summed E-state index contributed by atoms with van der Waals surface area (Å²) in [7, 11) is 0. The molecular weight excluding hydrogens is 333 g/mol. The van der Waals surface area contributed by atoms with Crippen molar-refractivity contribution < 1.29 is 18.3 Å². The highest BCUT2D eigenvalue weighted by molar-refractivity contribution is 6.10. The van der Waals surface area contributed by atoms with Crippen LogP contribution < -0.4 is 5.32 Å². The number of carbonyl (C=O) groups excluding carboxylic acids is 1. The van der Waals surface area contributed by atoms with Gasteiger partial charge in [0.2, 0.25) is 0 Å². The molecule has 132 valence electrons. The maximum Gasteiger partial charge on any atom is 0.342 e. The van der Waals surface area contributed by atoms with Gasteiger partial charge in [0.15, 0.2) is 0 Å². The Morgan fingerprint density at radius 2 is 2.04 bits per heavy atom. The van der Waals surface area contributed by atoms with Crippen LogP contribution in [-0.4, -0.2) is 19.1 Å². The molecule has 0 fully saturated rings. The topological polar surface area (TPSA) is 51.5 Å². The van der Waals surface area contributed by atoms with Gasteiger partial charge in [-0.3, -0.25) is 0 Å². The molecule has 26 heavy (non-hydrogen) atoms. The molecule has 3 aromatic rings. The number of rotatable bonds is 3. The largest absolute Gasteiger partial charge is 0.462 e. The third-order valence-corrected chi connectivity index (χ3v) is 4.54. The second kappa shape index (κ2) is 6.33. The lowest BCUT2D eigenvalue weighted by atomic mass is 9.97. The number of nitrogens with one attached hydrogen (secondary N) is 1. The molecule has 0 aliphatic carbocycles. The van der Waals surface area contributed by atoms with E-state index in [1.807, 2.05) is 19.1 Å². The zero-order chi connectivity index (χ0) is 18.3. The van der Waals surface area contributed by atoms with E-state index in [1.54, 1.807) is 19.1 Å². The van der Waals surface area contributed by atoms with Crippen molar-refractivity contribution in [2.24, 2.45) is 0 Å². The van der Waals surface area contributed by atoms with Crippen LogP contribution in [0.15, 0.2) is 46.9 Å². The van der Waals surface area contributed by atoms with Gasteiger partial charge in [0.05, 0.1) is 6.61 Å².